The lowest BCUT2D eigenvalue weighted by Crippen LogP contribution is -2.32. The molecule has 0 aliphatic carbocycles. The lowest BCUT2D eigenvalue weighted by molar-refractivity contribution is 0.249. The van der Waals surface area contributed by atoms with Crippen LogP contribution in [0.25, 0.3) is 0 Å². The molecule has 2 unspecified atom stereocenters. The highest BCUT2D eigenvalue weighted by atomic mass is 15.1. The minimum atomic E-state index is 0.802. The number of nitrogens with one attached hydrogen (secondary N) is 1. The Labute approximate surface area is 108 Å². The van der Waals surface area contributed by atoms with E-state index >= 15 is 0 Å². The van der Waals surface area contributed by atoms with E-state index in [1.807, 2.05) is 0 Å². The predicted molar refractivity (Wildman–Crippen MR) is 75.4 cm³/mol. The van der Waals surface area contributed by atoms with Crippen LogP contribution in [0.4, 0.5) is 0 Å². The van der Waals surface area contributed by atoms with Crippen LogP contribution in [0.2, 0.25) is 0 Å². The van der Waals surface area contributed by atoms with Gasteiger partial charge in [-0.15, -0.1) is 0 Å². The second kappa shape index (κ2) is 8.06. The van der Waals surface area contributed by atoms with Gasteiger partial charge in [0.25, 0.3) is 0 Å². The van der Waals surface area contributed by atoms with E-state index in [2.05, 4.69) is 43.2 Å². The van der Waals surface area contributed by atoms with Crippen molar-refractivity contribution in [1.29, 1.82) is 0 Å². The number of likely N-dealkylation sites (tertiary alicyclic amines) is 1. The standard InChI is InChI=1S/C14H31N3/c1-5-13(10-15-2)11-16(3)8-6-14-7-9-17(4)12-14/h13-15H,5-12H2,1-4H3. The molecule has 1 aliphatic heterocycles. The minimum absolute atomic E-state index is 0.802. The predicted octanol–water partition coefficient (Wildman–Crippen LogP) is 1.51. The number of rotatable bonds is 8. The van der Waals surface area contributed by atoms with Gasteiger partial charge in [-0.2, -0.15) is 0 Å². The van der Waals surface area contributed by atoms with E-state index in [1.54, 1.807) is 0 Å². The van der Waals surface area contributed by atoms with Crippen LogP contribution in [0, 0.1) is 11.8 Å². The first-order valence-corrected chi connectivity index (χ1v) is 7.17. The van der Waals surface area contributed by atoms with Crippen LogP contribution in [-0.2, 0) is 0 Å². The van der Waals surface area contributed by atoms with Gasteiger partial charge >= 0.3 is 0 Å². The maximum atomic E-state index is 3.29. The van der Waals surface area contributed by atoms with Crippen LogP contribution in [0.15, 0.2) is 0 Å². The van der Waals surface area contributed by atoms with Gasteiger partial charge in [-0.25, -0.2) is 0 Å². The van der Waals surface area contributed by atoms with E-state index < -0.39 is 0 Å². The van der Waals surface area contributed by atoms with Crippen LogP contribution in [-0.4, -0.2) is 63.7 Å². The third kappa shape index (κ3) is 5.84. The second-order valence-electron chi connectivity index (χ2n) is 5.80. The van der Waals surface area contributed by atoms with E-state index in [9.17, 15) is 0 Å². The summed E-state index contributed by atoms with van der Waals surface area (Å²) in [4.78, 5) is 4.98. The molecule has 1 saturated heterocycles. The molecule has 1 fully saturated rings. The molecular formula is C14H31N3. The van der Waals surface area contributed by atoms with Crippen LogP contribution >= 0.6 is 0 Å². The van der Waals surface area contributed by atoms with Crippen molar-refractivity contribution in [2.75, 3.05) is 53.9 Å². The molecule has 0 aromatic rings. The first-order chi connectivity index (χ1) is 8.15. The highest BCUT2D eigenvalue weighted by Crippen LogP contribution is 2.18. The molecule has 0 aromatic heterocycles. The Bertz CT molecular complexity index is 196. The Morgan fingerprint density at radius 2 is 2.24 bits per heavy atom. The lowest BCUT2D eigenvalue weighted by Gasteiger charge is -2.24. The average molecular weight is 241 g/mol. The maximum Gasteiger partial charge on any atom is 0.00186 e. The molecule has 3 heteroatoms. The fourth-order valence-electron chi connectivity index (χ4n) is 2.82. The molecule has 17 heavy (non-hydrogen) atoms. The summed E-state index contributed by atoms with van der Waals surface area (Å²) in [5, 5.41) is 3.29. The molecule has 102 valence electrons. The molecule has 1 heterocycles. The van der Waals surface area contributed by atoms with Crippen molar-refractivity contribution in [3.05, 3.63) is 0 Å². The largest absolute Gasteiger partial charge is 0.319 e. The van der Waals surface area contributed by atoms with Gasteiger partial charge in [0.2, 0.25) is 0 Å². The zero-order chi connectivity index (χ0) is 12.7. The summed E-state index contributed by atoms with van der Waals surface area (Å²) in [5.74, 6) is 1.74. The molecule has 0 radical (unpaired) electrons. The quantitative estimate of drug-likeness (QED) is 0.695. The normalized spacial score (nSPS) is 23.5. The molecule has 0 spiro atoms. The van der Waals surface area contributed by atoms with Gasteiger partial charge in [-0.1, -0.05) is 13.3 Å². The lowest BCUT2D eigenvalue weighted by atomic mass is 10.0. The first-order valence-electron chi connectivity index (χ1n) is 7.17. The average Bonchev–Trinajstić information content (AvgIpc) is 2.72. The number of hydrogen-bond acceptors (Lipinski definition) is 3. The van der Waals surface area contributed by atoms with Gasteiger partial charge in [0.05, 0.1) is 0 Å². The molecule has 2 atom stereocenters. The summed E-state index contributed by atoms with van der Waals surface area (Å²) in [7, 11) is 6.57. The summed E-state index contributed by atoms with van der Waals surface area (Å²) in [6.45, 7) is 8.54. The van der Waals surface area contributed by atoms with Crippen molar-refractivity contribution in [3.63, 3.8) is 0 Å². The topological polar surface area (TPSA) is 18.5 Å². The molecule has 1 aliphatic rings. The molecule has 0 bridgehead atoms. The van der Waals surface area contributed by atoms with Crippen LogP contribution in [0.5, 0.6) is 0 Å². The first kappa shape index (κ1) is 14.9. The van der Waals surface area contributed by atoms with Crippen molar-refractivity contribution in [1.82, 2.24) is 15.1 Å². The molecule has 3 nitrogen and oxygen atoms in total. The third-order valence-corrected chi connectivity index (χ3v) is 4.05. The third-order valence-electron chi connectivity index (χ3n) is 4.05. The molecule has 1 rings (SSSR count). The molecule has 1 N–H and O–H groups in total. The van der Waals surface area contributed by atoms with Crippen LogP contribution in [0.1, 0.15) is 26.2 Å². The summed E-state index contributed by atoms with van der Waals surface area (Å²) in [6, 6.07) is 0. The van der Waals surface area contributed by atoms with Crippen molar-refractivity contribution >= 4 is 0 Å². The number of nitrogens with zero attached hydrogens (tertiary/aromatic N) is 2. The highest BCUT2D eigenvalue weighted by Gasteiger charge is 2.19. The summed E-state index contributed by atoms with van der Waals surface area (Å²) >= 11 is 0. The fourth-order valence-corrected chi connectivity index (χ4v) is 2.82. The van der Waals surface area contributed by atoms with Gasteiger partial charge in [0.15, 0.2) is 0 Å². The molecule has 0 aromatic carbocycles. The van der Waals surface area contributed by atoms with Crippen LogP contribution < -0.4 is 5.32 Å². The summed E-state index contributed by atoms with van der Waals surface area (Å²) < 4.78 is 0. The van der Waals surface area contributed by atoms with Crippen LogP contribution in [0.3, 0.4) is 0 Å². The van der Waals surface area contributed by atoms with Gasteiger partial charge in [-0.05, 0) is 65.5 Å². The van der Waals surface area contributed by atoms with E-state index in [0.717, 1.165) is 18.4 Å². The van der Waals surface area contributed by atoms with E-state index in [4.69, 9.17) is 0 Å². The Balaban J connectivity index is 2.13. The zero-order valence-electron chi connectivity index (χ0n) is 12.2. The number of hydrogen-bond donors (Lipinski definition) is 1. The second-order valence-corrected chi connectivity index (χ2v) is 5.80. The Morgan fingerprint density at radius 1 is 1.47 bits per heavy atom. The monoisotopic (exact) mass is 241 g/mol. The molecule has 0 saturated carbocycles. The van der Waals surface area contributed by atoms with E-state index in [1.165, 1.54) is 45.4 Å². The molecule has 0 amide bonds. The smallest absolute Gasteiger partial charge is 0.00186 e. The van der Waals surface area contributed by atoms with Gasteiger partial charge < -0.3 is 15.1 Å². The van der Waals surface area contributed by atoms with Gasteiger partial charge in [0.1, 0.15) is 0 Å². The van der Waals surface area contributed by atoms with E-state index in [-0.39, 0.29) is 0 Å². The van der Waals surface area contributed by atoms with E-state index in [0.29, 0.717) is 0 Å². The molecular weight excluding hydrogens is 210 g/mol. The Morgan fingerprint density at radius 3 is 2.76 bits per heavy atom. The zero-order valence-corrected chi connectivity index (χ0v) is 12.2. The fraction of sp³-hybridized carbons (Fsp3) is 1.00. The Hall–Kier alpha value is -0.120. The van der Waals surface area contributed by atoms with Gasteiger partial charge in [0, 0.05) is 13.1 Å². The minimum Gasteiger partial charge on any atom is -0.319 e. The SMILES string of the molecule is CCC(CNC)CN(C)CCC1CCN(C)C1. The van der Waals surface area contributed by atoms with Crippen molar-refractivity contribution in [3.8, 4) is 0 Å². The maximum absolute atomic E-state index is 3.29. The van der Waals surface area contributed by atoms with Crippen molar-refractivity contribution in [2.24, 2.45) is 11.8 Å². The Kier molecular flexibility index (Phi) is 7.09. The van der Waals surface area contributed by atoms with Crippen molar-refractivity contribution in [2.45, 2.75) is 26.2 Å². The summed E-state index contributed by atoms with van der Waals surface area (Å²) in [6.07, 6.45) is 4.05. The van der Waals surface area contributed by atoms with Crippen molar-refractivity contribution < 1.29 is 0 Å². The highest BCUT2D eigenvalue weighted by molar-refractivity contribution is 4.74. The summed E-state index contributed by atoms with van der Waals surface area (Å²) in [5.41, 5.74) is 0. The van der Waals surface area contributed by atoms with Gasteiger partial charge in [-0.3, -0.25) is 0 Å².